The van der Waals surface area contributed by atoms with Gasteiger partial charge in [-0.05, 0) is 19.3 Å². The molecule has 0 bridgehead atoms. The van der Waals surface area contributed by atoms with E-state index in [1.165, 1.54) is 12.8 Å². The summed E-state index contributed by atoms with van der Waals surface area (Å²) in [5.74, 6) is 0. The molecule has 0 aliphatic heterocycles. The van der Waals surface area contributed by atoms with Crippen LogP contribution in [0.3, 0.4) is 0 Å². The Labute approximate surface area is 56.9 Å². The van der Waals surface area contributed by atoms with Crippen molar-refractivity contribution in [2.75, 3.05) is 0 Å². The van der Waals surface area contributed by atoms with Gasteiger partial charge in [0.25, 0.3) is 0 Å². The summed E-state index contributed by atoms with van der Waals surface area (Å²) in [5.41, 5.74) is 7.17. The van der Waals surface area contributed by atoms with Crippen LogP contribution in [0.1, 0.15) is 32.6 Å². The molecule has 2 N–H and O–H groups in total. The predicted octanol–water partition coefficient (Wildman–Crippen LogP) is 1.83. The van der Waals surface area contributed by atoms with Crippen LogP contribution in [0.25, 0.3) is 0 Å². The molecule has 1 fully saturated rings. The van der Waals surface area contributed by atoms with Gasteiger partial charge < -0.3 is 5.73 Å². The first-order chi connectivity index (χ1) is 4.33. The molecule has 0 amide bonds. The second-order valence-electron chi connectivity index (χ2n) is 2.82. The first-order valence-electron chi connectivity index (χ1n) is 3.76. The monoisotopic (exact) mass is 125 g/mol. The summed E-state index contributed by atoms with van der Waals surface area (Å²) in [7, 11) is 0. The van der Waals surface area contributed by atoms with E-state index in [9.17, 15) is 0 Å². The predicted molar refractivity (Wildman–Crippen MR) is 40.2 cm³/mol. The Morgan fingerprint density at radius 1 is 1.67 bits per heavy atom. The van der Waals surface area contributed by atoms with Gasteiger partial charge in [-0.25, -0.2) is 0 Å². The molecule has 1 heteroatoms. The van der Waals surface area contributed by atoms with Gasteiger partial charge in [0.15, 0.2) is 0 Å². The molecule has 0 radical (unpaired) electrons. The lowest BCUT2D eigenvalue weighted by Crippen LogP contribution is -2.30. The summed E-state index contributed by atoms with van der Waals surface area (Å²) >= 11 is 0. The van der Waals surface area contributed by atoms with Gasteiger partial charge in [0.05, 0.1) is 0 Å². The van der Waals surface area contributed by atoms with Crippen molar-refractivity contribution in [1.82, 2.24) is 0 Å². The van der Waals surface area contributed by atoms with E-state index in [1.807, 2.05) is 0 Å². The second kappa shape index (κ2) is 3.02. The van der Waals surface area contributed by atoms with Crippen molar-refractivity contribution in [3.63, 3.8) is 0 Å². The van der Waals surface area contributed by atoms with Gasteiger partial charge in [-0.2, -0.15) is 0 Å². The summed E-state index contributed by atoms with van der Waals surface area (Å²) in [4.78, 5) is 0. The molecule has 0 saturated heterocycles. The van der Waals surface area contributed by atoms with Crippen LogP contribution in [0, 0.1) is 0 Å². The molecule has 1 aliphatic carbocycles. The van der Waals surface area contributed by atoms with Crippen molar-refractivity contribution in [1.29, 1.82) is 0 Å². The Kier molecular flexibility index (Phi) is 2.29. The standard InChI is InChI=1S/C8H15N/c1-2-3-4-7-5-8(9)6-7/h4,8H,2-3,5-6,9H2,1H3. The third-order valence-electron chi connectivity index (χ3n) is 1.77. The Balaban J connectivity index is 2.14. The van der Waals surface area contributed by atoms with Gasteiger partial charge in [-0.15, -0.1) is 0 Å². The molecule has 0 aromatic heterocycles. The van der Waals surface area contributed by atoms with Crippen LogP contribution in [0.15, 0.2) is 11.6 Å². The van der Waals surface area contributed by atoms with E-state index in [-0.39, 0.29) is 0 Å². The highest BCUT2D eigenvalue weighted by Crippen LogP contribution is 2.24. The lowest BCUT2D eigenvalue weighted by molar-refractivity contribution is 0.538. The zero-order chi connectivity index (χ0) is 6.69. The van der Waals surface area contributed by atoms with Crippen molar-refractivity contribution in [2.24, 2.45) is 5.73 Å². The number of unbranched alkanes of at least 4 members (excludes halogenated alkanes) is 1. The fourth-order valence-corrected chi connectivity index (χ4v) is 1.13. The third kappa shape index (κ3) is 1.83. The molecule has 9 heavy (non-hydrogen) atoms. The number of hydrogen-bond donors (Lipinski definition) is 1. The Morgan fingerprint density at radius 3 is 2.78 bits per heavy atom. The molecule has 0 atom stereocenters. The molecule has 0 heterocycles. The smallest absolute Gasteiger partial charge is 0.0113 e. The van der Waals surface area contributed by atoms with E-state index in [0.29, 0.717) is 6.04 Å². The van der Waals surface area contributed by atoms with Crippen molar-refractivity contribution in [2.45, 2.75) is 38.6 Å². The van der Waals surface area contributed by atoms with Crippen LogP contribution < -0.4 is 5.73 Å². The highest BCUT2D eigenvalue weighted by molar-refractivity contribution is 5.14. The number of allylic oxidation sites excluding steroid dienone is 1. The van der Waals surface area contributed by atoms with Crippen molar-refractivity contribution < 1.29 is 0 Å². The molecule has 0 aromatic rings. The Bertz CT molecular complexity index is 108. The molecule has 0 spiro atoms. The van der Waals surface area contributed by atoms with Crippen LogP contribution in [-0.2, 0) is 0 Å². The number of nitrogens with two attached hydrogens (primary N) is 1. The van der Waals surface area contributed by atoms with E-state index >= 15 is 0 Å². The summed E-state index contributed by atoms with van der Waals surface area (Å²) in [5, 5.41) is 0. The van der Waals surface area contributed by atoms with Gasteiger partial charge in [0, 0.05) is 6.04 Å². The number of rotatable bonds is 2. The summed E-state index contributed by atoms with van der Waals surface area (Å²) in [6.45, 7) is 2.20. The van der Waals surface area contributed by atoms with Crippen LogP contribution in [0.2, 0.25) is 0 Å². The van der Waals surface area contributed by atoms with Gasteiger partial charge in [0.2, 0.25) is 0 Å². The van der Waals surface area contributed by atoms with Gasteiger partial charge >= 0.3 is 0 Å². The van der Waals surface area contributed by atoms with Gasteiger partial charge in [-0.3, -0.25) is 0 Å². The maximum atomic E-state index is 5.60. The van der Waals surface area contributed by atoms with Gasteiger partial charge in [0.1, 0.15) is 0 Å². The molecular weight excluding hydrogens is 110 g/mol. The van der Waals surface area contributed by atoms with Crippen molar-refractivity contribution in [3.8, 4) is 0 Å². The van der Waals surface area contributed by atoms with Gasteiger partial charge in [-0.1, -0.05) is 25.0 Å². The van der Waals surface area contributed by atoms with Crippen molar-refractivity contribution in [3.05, 3.63) is 11.6 Å². The second-order valence-corrected chi connectivity index (χ2v) is 2.82. The highest BCUT2D eigenvalue weighted by atomic mass is 14.7. The minimum absolute atomic E-state index is 0.480. The van der Waals surface area contributed by atoms with Crippen LogP contribution in [0.5, 0.6) is 0 Å². The summed E-state index contributed by atoms with van der Waals surface area (Å²) in [6.07, 6.45) is 7.14. The zero-order valence-electron chi connectivity index (χ0n) is 6.06. The van der Waals surface area contributed by atoms with Crippen LogP contribution in [0.4, 0.5) is 0 Å². The number of hydrogen-bond acceptors (Lipinski definition) is 1. The van der Waals surface area contributed by atoms with Crippen LogP contribution in [-0.4, -0.2) is 6.04 Å². The first-order valence-corrected chi connectivity index (χ1v) is 3.76. The average molecular weight is 125 g/mol. The van der Waals surface area contributed by atoms with E-state index < -0.39 is 0 Å². The Morgan fingerprint density at radius 2 is 2.33 bits per heavy atom. The molecular formula is C8H15N. The fraction of sp³-hybridized carbons (Fsp3) is 0.750. The molecule has 1 rings (SSSR count). The molecule has 1 aliphatic rings. The lowest BCUT2D eigenvalue weighted by atomic mass is 9.86. The maximum Gasteiger partial charge on any atom is 0.0113 e. The van der Waals surface area contributed by atoms with E-state index in [1.54, 1.807) is 5.57 Å². The minimum Gasteiger partial charge on any atom is -0.327 e. The maximum absolute atomic E-state index is 5.60. The summed E-state index contributed by atoms with van der Waals surface area (Å²) < 4.78 is 0. The van der Waals surface area contributed by atoms with E-state index in [2.05, 4.69) is 13.0 Å². The zero-order valence-corrected chi connectivity index (χ0v) is 6.06. The first kappa shape index (κ1) is 6.81. The van der Waals surface area contributed by atoms with E-state index in [4.69, 9.17) is 5.73 Å². The quantitative estimate of drug-likeness (QED) is 0.560. The third-order valence-corrected chi connectivity index (χ3v) is 1.77. The molecule has 0 aromatic carbocycles. The van der Waals surface area contributed by atoms with Crippen LogP contribution >= 0.6 is 0 Å². The molecule has 52 valence electrons. The van der Waals surface area contributed by atoms with Crippen molar-refractivity contribution >= 4 is 0 Å². The molecule has 0 unspecified atom stereocenters. The SMILES string of the molecule is CCCC=C1CC(N)C1. The fourth-order valence-electron chi connectivity index (χ4n) is 1.13. The topological polar surface area (TPSA) is 26.0 Å². The molecule has 1 nitrogen and oxygen atoms in total. The summed E-state index contributed by atoms with van der Waals surface area (Å²) in [6, 6.07) is 0.480. The average Bonchev–Trinajstić information content (AvgIpc) is 1.78. The highest BCUT2D eigenvalue weighted by Gasteiger charge is 2.17. The van der Waals surface area contributed by atoms with E-state index in [0.717, 1.165) is 12.8 Å². The Hall–Kier alpha value is -0.300. The molecule has 1 saturated carbocycles. The largest absolute Gasteiger partial charge is 0.327 e. The normalized spacial score (nSPS) is 25.6. The minimum atomic E-state index is 0.480. The lowest BCUT2D eigenvalue weighted by Gasteiger charge is -2.25.